The van der Waals surface area contributed by atoms with Gasteiger partial charge in [-0.1, -0.05) is 43.0 Å². The first-order valence-corrected chi connectivity index (χ1v) is 4.84. The van der Waals surface area contributed by atoms with Gasteiger partial charge in [0.15, 0.2) is 0 Å². The van der Waals surface area contributed by atoms with Crippen molar-refractivity contribution in [3.63, 3.8) is 0 Å². The van der Waals surface area contributed by atoms with Crippen molar-refractivity contribution in [3.05, 3.63) is 66.4 Å². The maximum atomic E-state index is 9.72. The van der Waals surface area contributed by atoms with Gasteiger partial charge in [0.25, 0.3) is 0 Å². The number of rotatable bonds is 2. The average molecular weight is 196 g/mol. The van der Waals surface area contributed by atoms with E-state index in [0.29, 0.717) is 0 Å². The van der Waals surface area contributed by atoms with Gasteiger partial charge in [-0.3, -0.25) is 0 Å². The predicted molar refractivity (Wildman–Crippen MR) is 62.6 cm³/mol. The van der Waals surface area contributed by atoms with Gasteiger partial charge < -0.3 is 5.11 Å². The van der Waals surface area contributed by atoms with Crippen molar-refractivity contribution >= 4 is 10.8 Å². The predicted octanol–water partition coefficient (Wildman–Crippen LogP) is 3.21. The third-order valence-electron chi connectivity index (χ3n) is 2.39. The molecule has 0 saturated carbocycles. The van der Waals surface area contributed by atoms with Gasteiger partial charge in [0.2, 0.25) is 0 Å². The van der Waals surface area contributed by atoms with Crippen molar-refractivity contribution in [1.82, 2.24) is 0 Å². The van der Waals surface area contributed by atoms with Gasteiger partial charge in [-0.2, -0.15) is 0 Å². The Labute approximate surface area is 89.0 Å². The van der Waals surface area contributed by atoms with Gasteiger partial charge in [-0.15, -0.1) is 5.73 Å². The lowest BCUT2D eigenvalue weighted by atomic mass is 10.0. The Balaban J connectivity index is 2.51. The number of hydrogen-bond acceptors (Lipinski definition) is 1. The quantitative estimate of drug-likeness (QED) is 0.731. The van der Waals surface area contributed by atoms with E-state index in [2.05, 4.69) is 18.4 Å². The second-order valence-corrected chi connectivity index (χ2v) is 3.42. The molecule has 0 saturated heterocycles. The summed E-state index contributed by atoms with van der Waals surface area (Å²) >= 11 is 0. The van der Waals surface area contributed by atoms with Crippen molar-refractivity contribution in [3.8, 4) is 0 Å². The highest BCUT2D eigenvalue weighted by molar-refractivity contribution is 5.83. The fraction of sp³-hybridized carbons (Fsp3) is 0.0714. The molecule has 1 unspecified atom stereocenters. The summed E-state index contributed by atoms with van der Waals surface area (Å²) in [4.78, 5) is 0. The Hall–Kier alpha value is -1.82. The second-order valence-electron chi connectivity index (χ2n) is 3.42. The Morgan fingerprint density at radius 3 is 2.60 bits per heavy atom. The van der Waals surface area contributed by atoms with E-state index in [0.717, 1.165) is 10.9 Å². The Bertz CT molecular complexity index is 522. The smallest absolute Gasteiger partial charge is 0.104 e. The Morgan fingerprint density at radius 1 is 1.13 bits per heavy atom. The van der Waals surface area contributed by atoms with E-state index in [4.69, 9.17) is 0 Å². The highest BCUT2D eigenvalue weighted by Crippen LogP contribution is 2.20. The summed E-state index contributed by atoms with van der Waals surface area (Å²) in [5, 5.41) is 12.0. The van der Waals surface area contributed by atoms with E-state index in [1.807, 2.05) is 36.4 Å². The van der Waals surface area contributed by atoms with Crippen molar-refractivity contribution in [2.45, 2.75) is 6.10 Å². The minimum Gasteiger partial charge on any atom is -0.384 e. The molecule has 0 aromatic heterocycles. The van der Waals surface area contributed by atoms with E-state index >= 15 is 0 Å². The lowest BCUT2D eigenvalue weighted by molar-refractivity contribution is 0.229. The largest absolute Gasteiger partial charge is 0.384 e. The fourth-order valence-electron chi connectivity index (χ4n) is 1.60. The third kappa shape index (κ3) is 1.99. The molecule has 15 heavy (non-hydrogen) atoms. The molecule has 1 heteroatoms. The fourth-order valence-corrected chi connectivity index (χ4v) is 1.60. The number of aliphatic hydroxyl groups excluding tert-OH is 1. The van der Waals surface area contributed by atoms with E-state index in [-0.39, 0.29) is 0 Å². The van der Waals surface area contributed by atoms with Gasteiger partial charge >= 0.3 is 0 Å². The molecule has 0 heterocycles. The highest BCUT2D eigenvalue weighted by atomic mass is 16.3. The van der Waals surface area contributed by atoms with Crippen LogP contribution >= 0.6 is 0 Å². The minimum absolute atomic E-state index is 0.618. The van der Waals surface area contributed by atoms with Gasteiger partial charge in [0.05, 0.1) is 0 Å². The molecule has 0 aliphatic rings. The first-order valence-electron chi connectivity index (χ1n) is 4.84. The summed E-state index contributed by atoms with van der Waals surface area (Å²) in [7, 11) is 0. The summed E-state index contributed by atoms with van der Waals surface area (Å²) in [6, 6.07) is 14.0. The van der Waals surface area contributed by atoms with Crippen LogP contribution in [0.15, 0.2) is 60.9 Å². The number of fused-ring (bicyclic) bond motifs is 1. The second kappa shape index (κ2) is 4.14. The number of hydrogen-bond donors (Lipinski definition) is 1. The first kappa shape index (κ1) is 9.72. The van der Waals surface area contributed by atoms with Crippen LogP contribution in [0.25, 0.3) is 10.8 Å². The van der Waals surface area contributed by atoms with Crippen molar-refractivity contribution in [2.24, 2.45) is 0 Å². The van der Waals surface area contributed by atoms with Crippen molar-refractivity contribution in [2.75, 3.05) is 0 Å². The summed E-state index contributed by atoms with van der Waals surface area (Å²) in [5.41, 5.74) is 3.45. The normalized spacial score (nSPS) is 12.1. The zero-order chi connectivity index (χ0) is 10.7. The maximum absolute atomic E-state index is 9.72. The zero-order valence-corrected chi connectivity index (χ0v) is 8.35. The molecule has 0 aliphatic heterocycles. The van der Waals surface area contributed by atoms with E-state index in [9.17, 15) is 5.11 Å². The third-order valence-corrected chi connectivity index (χ3v) is 2.39. The average Bonchev–Trinajstić information content (AvgIpc) is 2.29. The lowest BCUT2D eigenvalue weighted by Crippen LogP contribution is -1.91. The van der Waals surface area contributed by atoms with Crippen molar-refractivity contribution in [1.29, 1.82) is 0 Å². The van der Waals surface area contributed by atoms with E-state index < -0.39 is 6.10 Å². The number of aliphatic hydroxyl groups is 1. The van der Waals surface area contributed by atoms with Crippen LogP contribution in [0.1, 0.15) is 11.7 Å². The minimum atomic E-state index is -0.618. The molecule has 0 fully saturated rings. The van der Waals surface area contributed by atoms with Gasteiger partial charge in [-0.05, 0) is 28.5 Å². The Kier molecular flexibility index (Phi) is 2.68. The summed E-state index contributed by atoms with van der Waals surface area (Å²) in [5.74, 6) is 0. The molecular formula is C14H12O. The summed E-state index contributed by atoms with van der Waals surface area (Å²) in [6.07, 6.45) is 0.927. The molecule has 1 nitrogen and oxygen atoms in total. The molecule has 0 aliphatic carbocycles. The molecule has 1 N–H and O–H groups in total. The molecule has 0 spiro atoms. The van der Waals surface area contributed by atoms with Gasteiger partial charge in [0, 0.05) is 0 Å². The molecule has 0 radical (unpaired) electrons. The van der Waals surface area contributed by atoms with Crippen LogP contribution in [0, 0.1) is 0 Å². The maximum Gasteiger partial charge on any atom is 0.104 e. The molecule has 0 bridgehead atoms. The summed E-state index contributed by atoms with van der Waals surface area (Å²) in [6.45, 7) is 3.45. The van der Waals surface area contributed by atoms with E-state index in [1.54, 1.807) is 6.08 Å². The zero-order valence-electron chi connectivity index (χ0n) is 8.35. The van der Waals surface area contributed by atoms with Crippen LogP contribution in [-0.2, 0) is 0 Å². The first-order chi connectivity index (χ1) is 7.31. The molecule has 1 atom stereocenters. The number of benzene rings is 2. The standard InChI is InChI=1S/C14H12O/c1-2-5-14(15)13-9-8-11-6-3-4-7-12(11)10-13/h3-10,14-15H,1H2. The summed E-state index contributed by atoms with van der Waals surface area (Å²) < 4.78 is 0. The molecule has 74 valence electrons. The van der Waals surface area contributed by atoms with Gasteiger partial charge in [0.1, 0.15) is 6.10 Å². The van der Waals surface area contributed by atoms with Crippen LogP contribution in [0.2, 0.25) is 0 Å². The monoisotopic (exact) mass is 196 g/mol. The highest BCUT2D eigenvalue weighted by Gasteiger charge is 2.03. The lowest BCUT2D eigenvalue weighted by Gasteiger charge is -2.06. The van der Waals surface area contributed by atoms with Gasteiger partial charge in [-0.25, -0.2) is 0 Å². The van der Waals surface area contributed by atoms with Crippen molar-refractivity contribution < 1.29 is 5.11 Å². The molecule has 0 amide bonds. The van der Waals surface area contributed by atoms with Crippen LogP contribution < -0.4 is 0 Å². The molecule has 2 aromatic rings. The van der Waals surface area contributed by atoms with E-state index in [1.165, 1.54) is 5.39 Å². The van der Waals surface area contributed by atoms with Crippen LogP contribution in [0.3, 0.4) is 0 Å². The van der Waals surface area contributed by atoms with Crippen LogP contribution in [0.5, 0.6) is 0 Å². The topological polar surface area (TPSA) is 20.2 Å². The Morgan fingerprint density at radius 2 is 1.87 bits per heavy atom. The molecular weight excluding hydrogens is 184 g/mol. The SMILES string of the molecule is C=C=CC(O)c1ccc2ccccc2c1. The van der Waals surface area contributed by atoms with Crippen LogP contribution in [-0.4, -0.2) is 5.11 Å². The van der Waals surface area contributed by atoms with Crippen LogP contribution in [0.4, 0.5) is 0 Å². The molecule has 2 aromatic carbocycles. The molecule has 2 rings (SSSR count).